The maximum Gasteiger partial charge on any atom is 0.0945 e. The van der Waals surface area contributed by atoms with Crippen LogP contribution in [0.3, 0.4) is 0 Å². The highest BCUT2D eigenvalue weighted by atomic mass is 35.5. The van der Waals surface area contributed by atoms with Crippen LogP contribution in [0.25, 0.3) is 0 Å². The normalized spacial score (nSPS) is 25.3. The van der Waals surface area contributed by atoms with E-state index in [1.54, 1.807) is 0 Å². The van der Waals surface area contributed by atoms with Gasteiger partial charge in [-0.05, 0) is 30.5 Å². The van der Waals surface area contributed by atoms with Crippen molar-refractivity contribution < 1.29 is 0 Å². The molecule has 0 radical (unpaired) electrons. The van der Waals surface area contributed by atoms with Crippen molar-refractivity contribution in [2.24, 2.45) is 0 Å². The first-order chi connectivity index (χ1) is 10.2. The predicted octanol–water partition coefficient (Wildman–Crippen LogP) is 5.04. The molecule has 2 aromatic rings. The number of rotatable bonds is 5. The van der Waals surface area contributed by atoms with Crippen LogP contribution in [-0.2, 0) is 10.6 Å². The van der Waals surface area contributed by atoms with E-state index in [-0.39, 0.29) is 4.08 Å². The third kappa shape index (κ3) is 3.43. The fourth-order valence-electron chi connectivity index (χ4n) is 2.59. The van der Waals surface area contributed by atoms with Gasteiger partial charge >= 0.3 is 0 Å². The second kappa shape index (κ2) is 6.67. The van der Waals surface area contributed by atoms with E-state index in [9.17, 15) is 0 Å². The highest BCUT2D eigenvalue weighted by Gasteiger charge is 2.41. The van der Waals surface area contributed by atoms with Crippen molar-refractivity contribution in [3.8, 4) is 0 Å². The van der Waals surface area contributed by atoms with E-state index < -0.39 is 0 Å². The first-order valence-electron chi connectivity index (χ1n) is 7.25. The average Bonchev–Trinajstić information content (AvgIpc) is 3.16. The van der Waals surface area contributed by atoms with Gasteiger partial charge in [0.1, 0.15) is 0 Å². The lowest BCUT2D eigenvalue weighted by Crippen LogP contribution is -2.18. The Bertz CT molecular complexity index is 570. The molecule has 0 saturated carbocycles. The number of benzene rings is 1. The topological polar surface area (TPSA) is 17.8 Å². The van der Waals surface area contributed by atoms with Gasteiger partial charge in [0.15, 0.2) is 0 Å². The maximum absolute atomic E-state index is 6.05. The largest absolute Gasteiger partial charge is 0.337 e. The molecule has 2 heterocycles. The molecule has 0 bridgehead atoms. The zero-order chi connectivity index (χ0) is 14.7. The summed E-state index contributed by atoms with van der Waals surface area (Å²) in [4.78, 5) is 4.14. The van der Waals surface area contributed by atoms with Crippen molar-refractivity contribution in [2.75, 3.05) is 5.75 Å². The monoisotopic (exact) mass is 338 g/mol. The third-order valence-electron chi connectivity index (χ3n) is 3.86. The number of halogens is 1. The SMILES string of the molecule is CCC1CSC(CCn2ccnc2)(c2ccc(Cl)cc2)S1. The van der Waals surface area contributed by atoms with Gasteiger partial charge in [-0.15, -0.1) is 23.5 Å². The van der Waals surface area contributed by atoms with Gasteiger partial charge in [-0.3, -0.25) is 0 Å². The molecule has 3 rings (SSSR count). The average molecular weight is 339 g/mol. The van der Waals surface area contributed by atoms with Gasteiger partial charge in [-0.1, -0.05) is 30.7 Å². The lowest BCUT2D eigenvalue weighted by atomic mass is 10.1. The molecular weight excluding hydrogens is 320 g/mol. The number of hydrogen-bond acceptors (Lipinski definition) is 3. The molecule has 2 nitrogen and oxygen atoms in total. The summed E-state index contributed by atoms with van der Waals surface area (Å²) < 4.78 is 2.31. The van der Waals surface area contributed by atoms with E-state index in [0.717, 1.165) is 23.2 Å². The van der Waals surface area contributed by atoms with Crippen molar-refractivity contribution >= 4 is 35.1 Å². The molecule has 1 aromatic carbocycles. The lowest BCUT2D eigenvalue weighted by molar-refractivity contribution is 0.614. The smallest absolute Gasteiger partial charge is 0.0945 e. The van der Waals surface area contributed by atoms with Gasteiger partial charge in [0.25, 0.3) is 0 Å². The summed E-state index contributed by atoms with van der Waals surface area (Å²) in [5.74, 6) is 1.23. The van der Waals surface area contributed by atoms with Gasteiger partial charge in [0.05, 0.1) is 10.4 Å². The summed E-state index contributed by atoms with van der Waals surface area (Å²) in [7, 11) is 0. The second-order valence-electron chi connectivity index (χ2n) is 5.27. The zero-order valence-electron chi connectivity index (χ0n) is 12.0. The molecule has 1 fully saturated rings. The Morgan fingerprint density at radius 3 is 2.81 bits per heavy atom. The van der Waals surface area contributed by atoms with Gasteiger partial charge in [-0.25, -0.2) is 4.98 Å². The third-order valence-corrected chi connectivity index (χ3v) is 8.09. The van der Waals surface area contributed by atoms with Gasteiger partial charge in [0.2, 0.25) is 0 Å². The minimum atomic E-state index is 0.148. The second-order valence-corrected chi connectivity index (χ2v) is 8.88. The van der Waals surface area contributed by atoms with Crippen LogP contribution in [0.1, 0.15) is 25.3 Å². The number of aryl methyl sites for hydroxylation is 1. The van der Waals surface area contributed by atoms with Crippen LogP contribution in [-0.4, -0.2) is 20.6 Å². The molecule has 1 saturated heterocycles. The van der Waals surface area contributed by atoms with Crippen molar-refractivity contribution in [2.45, 2.75) is 35.6 Å². The molecular formula is C16H19ClN2S2. The summed E-state index contributed by atoms with van der Waals surface area (Å²) in [6.07, 6.45) is 8.13. The molecule has 21 heavy (non-hydrogen) atoms. The van der Waals surface area contributed by atoms with E-state index in [1.807, 2.05) is 30.9 Å². The van der Waals surface area contributed by atoms with Gasteiger partial charge < -0.3 is 4.57 Å². The van der Waals surface area contributed by atoms with Gasteiger partial charge in [-0.2, -0.15) is 0 Å². The number of thioether (sulfide) groups is 2. The molecule has 2 atom stereocenters. The summed E-state index contributed by atoms with van der Waals surface area (Å²) in [6, 6.07) is 8.40. The van der Waals surface area contributed by atoms with E-state index in [4.69, 9.17) is 11.6 Å². The van der Waals surface area contributed by atoms with Crippen LogP contribution in [0.5, 0.6) is 0 Å². The Kier molecular flexibility index (Phi) is 4.87. The predicted molar refractivity (Wildman–Crippen MR) is 94.1 cm³/mol. The molecule has 1 aromatic heterocycles. The van der Waals surface area contributed by atoms with E-state index in [2.05, 4.69) is 52.1 Å². The van der Waals surface area contributed by atoms with E-state index >= 15 is 0 Å². The van der Waals surface area contributed by atoms with Crippen LogP contribution < -0.4 is 0 Å². The summed E-state index contributed by atoms with van der Waals surface area (Å²) in [6.45, 7) is 3.28. The van der Waals surface area contributed by atoms with Crippen molar-refractivity contribution in [3.63, 3.8) is 0 Å². The number of nitrogens with zero attached hydrogens (tertiary/aromatic N) is 2. The molecule has 1 aliphatic heterocycles. The minimum Gasteiger partial charge on any atom is -0.337 e. The molecule has 112 valence electrons. The Morgan fingerprint density at radius 1 is 1.38 bits per heavy atom. The summed E-state index contributed by atoms with van der Waals surface area (Å²) in [5, 5.41) is 1.55. The molecule has 5 heteroatoms. The van der Waals surface area contributed by atoms with Crippen LogP contribution in [0.15, 0.2) is 43.0 Å². The van der Waals surface area contributed by atoms with Crippen molar-refractivity contribution in [1.82, 2.24) is 9.55 Å². The Labute approximate surface area is 139 Å². The van der Waals surface area contributed by atoms with Crippen LogP contribution in [0, 0.1) is 0 Å². The van der Waals surface area contributed by atoms with Crippen molar-refractivity contribution in [1.29, 1.82) is 0 Å². The number of aromatic nitrogens is 2. The summed E-state index contributed by atoms with van der Waals surface area (Å²) >= 11 is 10.3. The Balaban J connectivity index is 1.82. The van der Waals surface area contributed by atoms with E-state index in [0.29, 0.717) is 0 Å². The molecule has 0 N–H and O–H groups in total. The summed E-state index contributed by atoms with van der Waals surface area (Å²) in [5.41, 5.74) is 1.39. The fraction of sp³-hybridized carbons (Fsp3) is 0.438. The van der Waals surface area contributed by atoms with Crippen LogP contribution in [0.4, 0.5) is 0 Å². The lowest BCUT2D eigenvalue weighted by Gasteiger charge is -2.29. The number of imidazole rings is 1. The molecule has 0 spiro atoms. The van der Waals surface area contributed by atoms with E-state index in [1.165, 1.54) is 17.7 Å². The first kappa shape index (κ1) is 15.3. The first-order valence-corrected chi connectivity index (χ1v) is 9.50. The quantitative estimate of drug-likeness (QED) is 0.760. The fourth-order valence-corrected chi connectivity index (χ4v) is 6.49. The molecule has 1 aliphatic rings. The number of hydrogen-bond donors (Lipinski definition) is 0. The molecule has 0 amide bonds. The minimum absolute atomic E-state index is 0.148. The maximum atomic E-state index is 6.05. The highest BCUT2D eigenvalue weighted by Crippen LogP contribution is 2.58. The van der Waals surface area contributed by atoms with Crippen molar-refractivity contribution in [3.05, 3.63) is 53.6 Å². The standard InChI is InChI=1S/C16H19ClN2S2/c1-2-15-11-20-16(21-15,7-9-19-10-8-18-12-19)13-3-5-14(17)6-4-13/h3-6,8,10,12,15H,2,7,9,11H2,1H3. The Hall–Kier alpha value is -0.580. The Morgan fingerprint density at radius 2 is 2.19 bits per heavy atom. The van der Waals surface area contributed by atoms with Gasteiger partial charge in [0, 0.05) is 35.0 Å². The molecule has 2 unspecified atom stereocenters. The highest BCUT2D eigenvalue weighted by molar-refractivity contribution is 8.21. The molecule has 0 aliphatic carbocycles. The van der Waals surface area contributed by atoms with Crippen LogP contribution in [0.2, 0.25) is 5.02 Å². The zero-order valence-corrected chi connectivity index (χ0v) is 14.4. The van der Waals surface area contributed by atoms with Crippen LogP contribution >= 0.6 is 35.1 Å².